The van der Waals surface area contributed by atoms with Gasteiger partial charge in [-0.25, -0.2) is 0 Å². The normalized spacial score (nSPS) is 17.0. The summed E-state index contributed by atoms with van der Waals surface area (Å²) >= 11 is 1.54. The lowest BCUT2D eigenvalue weighted by molar-refractivity contribution is -0.146. The molecule has 1 aliphatic rings. The summed E-state index contributed by atoms with van der Waals surface area (Å²) < 4.78 is 11.2. The molecule has 24 heavy (non-hydrogen) atoms. The minimum Gasteiger partial charge on any atom is -0.462 e. The van der Waals surface area contributed by atoms with E-state index in [9.17, 15) is 9.59 Å². The van der Waals surface area contributed by atoms with Crippen LogP contribution >= 0.6 is 11.3 Å². The molecule has 0 N–H and O–H groups in total. The lowest BCUT2D eigenvalue weighted by atomic mass is 9.89. The Labute approximate surface area is 143 Å². The third-order valence-electron chi connectivity index (χ3n) is 4.16. The summed E-state index contributed by atoms with van der Waals surface area (Å²) in [4.78, 5) is 26.4. The van der Waals surface area contributed by atoms with Crippen LogP contribution in [0.2, 0.25) is 0 Å². The standard InChI is InChI=1S/C16H21N3O4S/c1-3-22-6-7-23-13(20)9-19-16(21)14-11-5-4-10(2)8-12(11)24-15(14)17-18-19/h10H,3-9H2,1-2H3/t10-/m1/s1. The second-order valence-corrected chi connectivity index (χ2v) is 7.09. The first-order valence-corrected chi connectivity index (χ1v) is 9.03. The third kappa shape index (κ3) is 3.49. The van der Waals surface area contributed by atoms with Gasteiger partial charge in [-0.3, -0.25) is 9.59 Å². The molecule has 0 fully saturated rings. The molecule has 0 radical (unpaired) electrons. The molecule has 0 saturated heterocycles. The van der Waals surface area contributed by atoms with Crippen LogP contribution in [0.25, 0.3) is 10.2 Å². The molecule has 1 aliphatic carbocycles. The first kappa shape index (κ1) is 17.0. The minimum atomic E-state index is -0.511. The summed E-state index contributed by atoms with van der Waals surface area (Å²) in [5.74, 6) is 0.115. The van der Waals surface area contributed by atoms with Crippen molar-refractivity contribution in [3.05, 3.63) is 20.8 Å². The number of carbonyl (C=O) groups is 1. The number of hydrogen-bond donors (Lipinski definition) is 0. The average molecular weight is 351 g/mol. The Kier molecular flexibility index (Phi) is 5.25. The van der Waals surface area contributed by atoms with Gasteiger partial charge in [0.05, 0.1) is 12.0 Å². The number of rotatable bonds is 6. The molecule has 2 heterocycles. The molecule has 7 nitrogen and oxygen atoms in total. The molecule has 0 aromatic carbocycles. The molecule has 8 heteroatoms. The Morgan fingerprint density at radius 1 is 1.42 bits per heavy atom. The second kappa shape index (κ2) is 7.40. The second-order valence-electron chi connectivity index (χ2n) is 6.00. The van der Waals surface area contributed by atoms with Gasteiger partial charge in [0, 0.05) is 11.5 Å². The summed E-state index contributed by atoms with van der Waals surface area (Å²) in [6.45, 7) is 4.95. The number of nitrogens with zero attached hydrogens (tertiary/aromatic N) is 3. The summed E-state index contributed by atoms with van der Waals surface area (Å²) in [5.41, 5.74) is 0.834. The molecule has 0 saturated carbocycles. The highest BCUT2D eigenvalue weighted by atomic mass is 32.1. The Morgan fingerprint density at radius 2 is 2.25 bits per heavy atom. The topological polar surface area (TPSA) is 83.3 Å². The van der Waals surface area contributed by atoms with Gasteiger partial charge >= 0.3 is 5.97 Å². The SMILES string of the molecule is CCOCCOC(=O)Cn1nnc2sc3c(c2c1=O)CC[C@@H](C)C3. The first-order valence-electron chi connectivity index (χ1n) is 8.21. The van der Waals surface area contributed by atoms with Crippen molar-refractivity contribution in [3.63, 3.8) is 0 Å². The maximum atomic E-state index is 12.7. The highest BCUT2D eigenvalue weighted by Crippen LogP contribution is 2.35. The van der Waals surface area contributed by atoms with Gasteiger partial charge in [0.25, 0.3) is 5.56 Å². The lowest BCUT2D eigenvalue weighted by Gasteiger charge is -2.17. The maximum absolute atomic E-state index is 12.7. The first-order chi connectivity index (χ1) is 11.6. The zero-order valence-corrected chi connectivity index (χ0v) is 14.7. The molecular weight excluding hydrogens is 330 g/mol. The van der Waals surface area contributed by atoms with Crippen molar-refractivity contribution in [2.75, 3.05) is 19.8 Å². The monoisotopic (exact) mass is 351 g/mol. The molecule has 0 aliphatic heterocycles. The van der Waals surface area contributed by atoms with Crippen LogP contribution in [0.4, 0.5) is 0 Å². The van der Waals surface area contributed by atoms with Crippen LogP contribution in [-0.2, 0) is 33.7 Å². The Bertz CT molecular complexity index is 798. The highest BCUT2D eigenvalue weighted by Gasteiger charge is 2.24. The van der Waals surface area contributed by atoms with E-state index >= 15 is 0 Å². The van der Waals surface area contributed by atoms with Gasteiger partial charge < -0.3 is 9.47 Å². The molecule has 0 spiro atoms. The largest absolute Gasteiger partial charge is 0.462 e. The minimum absolute atomic E-state index is 0.169. The number of hydrogen-bond acceptors (Lipinski definition) is 7. The Morgan fingerprint density at radius 3 is 3.04 bits per heavy atom. The number of aryl methyl sites for hydroxylation is 1. The molecular formula is C16H21N3O4S. The van der Waals surface area contributed by atoms with E-state index in [1.807, 2.05) is 6.92 Å². The molecule has 2 aromatic heterocycles. The summed E-state index contributed by atoms with van der Waals surface area (Å²) in [6, 6.07) is 0. The molecule has 130 valence electrons. The molecule has 3 rings (SSSR count). The molecule has 0 bridgehead atoms. The fourth-order valence-electron chi connectivity index (χ4n) is 2.92. The zero-order valence-electron chi connectivity index (χ0n) is 13.9. The van der Waals surface area contributed by atoms with E-state index in [1.54, 1.807) is 11.3 Å². The number of carbonyl (C=O) groups excluding carboxylic acids is 1. The van der Waals surface area contributed by atoms with Gasteiger partial charge in [0.1, 0.15) is 13.2 Å². The van der Waals surface area contributed by atoms with E-state index in [2.05, 4.69) is 17.2 Å². The Balaban J connectivity index is 1.79. The van der Waals surface area contributed by atoms with Crippen LogP contribution in [0.3, 0.4) is 0 Å². The Hall–Kier alpha value is -1.80. The van der Waals surface area contributed by atoms with Gasteiger partial charge in [-0.15, -0.1) is 16.4 Å². The lowest BCUT2D eigenvalue weighted by Crippen LogP contribution is -2.29. The van der Waals surface area contributed by atoms with Gasteiger partial charge in [-0.2, -0.15) is 4.68 Å². The average Bonchev–Trinajstić information content (AvgIpc) is 2.92. The van der Waals surface area contributed by atoms with Crippen LogP contribution < -0.4 is 5.56 Å². The molecule has 0 unspecified atom stereocenters. The highest BCUT2D eigenvalue weighted by molar-refractivity contribution is 7.18. The van der Waals surface area contributed by atoms with Crippen LogP contribution in [-0.4, -0.2) is 40.8 Å². The molecule has 2 aromatic rings. The number of esters is 1. The number of fused-ring (bicyclic) bond motifs is 3. The summed E-state index contributed by atoms with van der Waals surface area (Å²) in [6.07, 6.45) is 2.94. The number of thiophene rings is 1. The van der Waals surface area contributed by atoms with E-state index in [0.717, 1.165) is 29.5 Å². The quantitative estimate of drug-likeness (QED) is 0.580. The summed E-state index contributed by atoms with van der Waals surface area (Å²) in [7, 11) is 0. The zero-order chi connectivity index (χ0) is 17.1. The van der Waals surface area contributed by atoms with Crippen molar-refractivity contribution in [1.82, 2.24) is 15.0 Å². The van der Waals surface area contributed by atoms with Crippen molar-refractivity contribution >= 4 is 27.5 Å². The van der Waals surface area contributed by atoms with E-state index in [4.69, 9.17) is 9.47 Å². The fraction of sp³-hybridized carbons (Fsp3) is 0.625. The molecule has 0 amide bonds. The van der Waals surface area contributed by atoms with Gasteiger partial charge in [-0.05, 0) is 37.7 Å². The van der Waals surface area contributed by atoms with Crippen LogP contribution in [0.1, 0.15) is 30.7 Å². The fourth-order valence-corrected chi connectivity index (χ4v) is 4.24. The molecule has 1 atom stereocenters. The van der Waals surface area contributed by atoms with Crippen molar-refractivity contribution in [2.24, 2.45) is 5.92 Å². The van der Waals surface area contributed by atoms with E-state index < -0.39 is 5.97 Å². The van der Waals surface area contributed by atoms with Crippen molar-refractivity contribution in [2.45, 2.75) is 39.7 Å². The predicted octanol–water partition coefficient (Wildman–Crippen LogP) is 1.56. The smallest absolute Gasteiger partial charge is 0.328 e. The van der Waals surface area contributed by atoms with Crippen molar-refractivity contribution in [1.29, 1.82) is 0 Å². The van der Waals surface area contributed by atoms with Crippen molar-refractivity contribution < 1.29 is 14.3 Å². The number of aromatic nitrogens is 3. The maximum Gasteiger partial charge on any atom is 0.328 e. The van der Waals surface area contributed by atoms with Crippen LogP contribution in [0.5, 0.6) is 0 Å². The van der Waals surface area contributed by atoms with Gasteiger partial charge in [-0.1, -0.05) is 12.1 Å². The van der Waals surface area contributed by atoms with Crippen LogP contribution in [0, 0.1) is 5.92 Å². The van der Waals surface area contributed by atoms with Gasteiger partial charge in [0.2, 0.25) is 0 Å². The van der Waals surface area contributed by atoms with Gasteiger partial charge in [0.15, 0.2) is 4.83 Å². The van der Waals surface area contributed by atoms with E-state index in [0.29, 0.717) is 29.3 Å². The van der Waals surface area contributed by atoms with E-state index in [1.165, 1.54) is 4.88 Å². The number of ether oxygens (including phenoxy) is 2. The predicted molar refractivity (Wildman–Crippen MR) is 90.3 cm³/mol. The summed E-state index contributed by atoms with van der Waals surface area (Å²) in [5, 5.41) is 8.64. The van der Waals surface area contributed by atoms with Crippen molar-refractivity contribution in [3.8, 4) is 0 Å². The van der Waals surface area contributed by atoms with E-state index in [-0.39, 0.29) is 18.7 Å². The van der Waals surface area contributed by atoms with Crippen LogP contribution in [0.15, 0.2) is 4.79 Å². The third-order valence-corrected chi connectivity index (χ3v) is 5.30.